The summed E-state index contributed by atoms with van der Waals surface area (Å²) in [4.78, 5) is 0. The summed E-state index contributed by atoms with van der Waals surface area (Å²) in [5.41, 5.74) is 1.70. The van der Waals surface area contributed by atoms with Crippen molar-refractivity contribution in [3.05, 3.63) is 35.9 Å². The maximum atomic E-state index is 3.70. The highest BCUT2D eigenvalue weighted by atomic mass is 14.9. The molecule has 3 unspecified atom stereocenters. The van der Waals surface area contributed by atoms with Crippen LogP contribution in [0.25, 0.3) is 0 Å². The lowest BCUT2D eigenvalue weighted by atomic mass is 9.79. The van der Waals surface area contributed by atoms with Gasteiger partial charge in [0.15, 0.2) is 0 Å². The molecule has 1 aliphatic carbocycles. The molecule has 0 bridgehead atoms. The van der Waals surface area contributed by atoms with E-state index in [4.69, 9.17) is 0 Å². The van der Waals surface area contributed by atoms with Crippen LogP contribution in [0.4, 0.5) is 0 Å². The van der Waals surface area contributed by atoms with Crippen molar-refractivity contribution >= 4 is 0 Å². The fraction of sp³-hybridized carbons (Fsp3) is 0.647. The molecule has 0 heterocycles. The van der Waals surface area contributed by atoms with Crippen molar-refractivity contribution in [2.24, 2.45) is 11.8 Å². The van der Waals surface area contributed by atoms with E-state index in [1.54, 1.807) is 0 Å². The Labute approximate surface area is 112 Å². The molecule has 1 fully saturated rings. The van der Waals surface area contributed by atoms with Gasteiger partial charge in [0.2, 0.25) is 0 Å². The average Bonchev–Trinajstić information content (AvgIpc) is 3.03. The Balaban J connectivity index is 1.83. The zero-order valence-electron chi connectivity index (χ0n) is 12.2. The number of benzene rings is 1. The van der Waals surface area contributed by atoms with Gasteiger partial charge in [-0.25, -0.2) is 0 Å². The molecule has 1 aromatic carbocycles. The molecule has 2 rings (SSSR count). The monoisotopic (exact) mass is 245 g/mol. The molecule has 1 aliphatic rings. The Morgan fingerprint density at radius 3 is 2.44 bits per heavy atom. The molecule has 100 valence electrons. The minimum Gasteiger partial charge on any atom is -0.314 e. The SMILES string of the molecule is CC(CC(C)(C)c1ccccc1)NCC1CC1C. The first kappa shape index (κ1) is 13.6. The minimum atomic E-state index is 0.253. The van der Waals surface area contributed by atoms with Crippen LogP contribution in [-0.4, -0.2) is 12.6 Å². The van der Waals surface area contributed by atoms with Gasteiger partial charge in [0, 0.05) is 6.04 Å². The van der Waals surface area contributed by atoms with E-state index in [-0.39, 0.29) is 5.41 Å². The predicted molar refractivity (Wildman–Crippen MR) is 78.8 cm³/mol. The first-order valence-corrected chi connectivity index (χ1v) is 7.28. The molecule has 1 nitrogen and oxygen atoms in total. The Morgan fingerprint density at radius 1 is 1.28 bits per heavy atom. The highest BCUT2D eigenvalue weighted by Gasteiger charge is 2.32. The summed E-state index contributed by atoms with van der Waals surface area (Å²) in [6.07, 6.45) is 2.61. The maximum Gasteiger partial charge on any atom is 0.00471 e. The molecule has 1 heteroatoms. The van der Waals surface area contributed by atoms with Crippen molar-refractivity contribution in [3.63, 3.8) is 0 Å². The van der Waals surface area contributed by atoms with E-state index in [0.29, 0.717) is 6.04 Å². The van der Waals surface area contributed by atoms with E-state index in [9.17, 15) is 0 Å². The summed E-state index contributed by atoms with van der Waals surface area (Å²) >= 11 is 0. The molecule has 0 spiro atoms. The van der Waals surface area contributed by atoms with Crippen LogP contribution in [0.3, 0.4) is 0 Å². The second kappa shape index (κ2) is 5.44. The van der Waals surface area contributed by atoms with Gasteiger partial charge in [-0.3, -0.25) is 0 Å². The average molecular weight is 245 g/mol. The smallest absolute Gasteiger partial charge is 0.00471 e. The zero-order chi connectivity index (χ0) is 13.2. The number of hydrogen-bond donors (Lipinski definition) is 1. The van der Waals surface area contributed by atoms with Crippen LogP contribution >= 0.6 is 0 Å². The molecule has 0 aliphatic heterocycles. The van der Waals surface area contributed by atoms with E-state index in [2.05, 4.69) is 63.3 Å². The molecule has 1 N–H and O–H groups in total. The van der Waals surface area contributed by atoms with E-state index in [0.717, 1.165) is 11.8 Å². The summed E-state index contributed by atoms with van der Waals surface area (Å²) < 4.78 is 0. The van der Waals surface area contributed by atoms with Crippen molar-refractivity contribution in [1.29, 1.82) is 0 Å². The lowest BCUT2D eigenvalue weighted by molar-refractivity contribution is 0.383. The molecule has 0 aromatic heterocycles. The van der Waals surface area contributed by atoms with Gasteiger partial charge in [-0.1, -0.05) is 51.1 Å². The Hall–Kier alpha value is -0.820. The molecular weight excluding hydrogens is 218 g/mol. The molecule has 1 saturated carbocycles. The summed E-state index contributed by atoms with van der Waals surface area (Å²) in [5.74, 6) is 1.89. The fourth-order valence-corrected chi connectivity index (χ4v) is 2.88. The highest BCUT2D eigenvalue weighted by Crippen LogP contribution is 2.37. The summed E-state index contributed by atoms with van der Waals surface area (Å²) in [5, 5.41) is 3.70. The molecule has 0 saturated heterocycles. The second-order valence-electron chi connectivity index (χ2n) is 6.74. The minimum absolute atomic E-state index is 0.253. The Kier molecular flexibility index (Phi) is 4.11. The van der Waals surface area contributed by atoms with Crippen LogP contribution in [-0.2, 0) is 5.41 Å². The van der Waals surface area contributed by atoms with Crippen molar-refractivity contribution in [1.82, 2.24) is 5.32 Å². The van der Waals surface area contributed by atoms with Gasteiger partial charge in [-0.2, -0.15) is 0 Å². The first-order chi connectivity index (χ1) is 8.49. The van der Waals surface area contributed by atoms with Gasteiger partial charge < -0.3 is 5.32 Å². The molecule has 3 atom stereocenters. The third kappa shape index (κ3) is 3.58. The summed E-state index contributed by atoms with van der Waals surface area (Å²) in [6.45, 7) is 10.6. The van der Waals surface area contributed by atoms with Gasteiger partial charge >= 0.3 is 0 Å². The van der Waals surface area contributed by atoms with Gasteiger partial charge in [-0.15, -0.1) is 0 Å². The van der Waals surface area contributed by atoms with Crippen LogP contribution in [0, 0.1) is 11.8 Å². The van der Waals surface area contributed by atoms with E-state index < -0.39 is 0 Å². The molecule has 0 radical (unpaired) electrons. The van der Waals surface area contributed by atoms with Crippen LogP contribution in [0.15, 0.2) is 30.3 Å². The van der Waals surface area contributed by atoms with Crippen LogP contribution in [0.5, 0.6) is 0 Å². The van der Waals surface area contributed by atoms with Gasteiger partial charge in [-0.05, 0) is 49.1 Å². The lowest BCUT2D eigenvalue weighted by Crippen LogP contribution is -2.34. The van der Waals surface area contributed by atoms with Crippen molar-refractivity contribution < 1.29 is 0 Å². The van der Waals surface area contributed by atoms with E-state index >= 15 is 0 Å². The lowest BCUT2D eigenvalue weighted by Gasteiger charge is -2.29. The normalized spacial score (nSPS) is 24.9. The quantitative estimate of drug-likeness (QED) is 0.799. The van der Waals surface area contributed by atoms with Crippen molar-refractivity contribution in [3.8, 4) is 0 Å². The molecule has 0 amide bonds. The number of rotatable bonds is 6. The third-order valence-electron chi connectivity index (χ3n) is 4.38. The first-order valence-electron chi connectivity index (χ1n) is 7.28. The number of nitrogens with one attached hydrogen (secondary N) is 1. The molecule has 1 aromatic rings. The Bertz CT molecular complexity index is 368. The fourth-order valence-electron chi connectivity index (χ4n) is 2.88. The summed E-state index contributed by atoms with van der Waals surface area (Å²) in [7, 11) is 0. The van der Waals surface area contributed by atoms with Gasteiger partial charge in [0.1, 0.15) is 0 Å². The van der Waals surface area contributed by atoms with E-state index in [1.807, 2.05) is 0 Å². The topological polar surface area (TPSA) is 12.0 Å². The zero-order valence-corrected chi connectivity index (χ0v) is 12.2. The Morgan fingerprint density at radius 2 is 1.89 bits per heavy atom. The van der Waals surface area contributed by atoms with Gasteiger partial charge in [0.25, 0.3) is 0 Å². The summed E-state index contributed by atoms with van der Waals surface area (Å²) in [6, 6.07) is 11.5. The molecular formula is C17H27N. The maximum absolute atomic E-state index is 3.70. The van der Waals surface area contributed by atoms with Gasteiger partial charge in [0.05, 0.1) is 0 Å². The van der Waals surface area contributed by atoms with Crippen LogP contribution < -0.4 is 5.32 Å². The van der Waals surface area contributed by atoms with Crippen molar-refractivity contribution in [2.45, 2.75) is 52.0 Å². The van der Waals surface area contributed by atoms with Crippen molar-refractivity contribution in [2.75, 3.05) is 6.54 Å². The third-order valence-corrected chi connectivity index (χ3v) is 4.38. The molecule has 18 heavy (non-hydrogen) atoms. The second-order valence-corrected chi connectivity index (χ2v) is 6.74. The van der Waals surface area contributed by atoms with Crippen LogP contribution in [0.1, 0.15) is 46.1 Å². The van der Waals surface area contributed by atoms with E-state index in [1.165, 1.54) is 24.9 Å². The largest absolute Gasteiger partial charge is 0.314 e. The predicted octanol–water partition coefficient (Wildman–Crippen LogP) is 3.99. The standard InChI is InChI=1S/C17H27N/c1-13-10-15(13)12-18-14(2)11-17(3,4)16-8-6-5-7-9-16/h5-9,13-15,18H,10-12H2,1-4H3. The highest BCUT2D eigenvalue weighted by molar-refractivity contribution is 5.23. The van der Waals surface area contributed by atoms with Crippen LogP contribution in [0.2, 0.25) is 0 Å². The number of hydrogen-bond acceptors (Lipinski definition) is 1.